The van der Waals surface area contributed by atoms with E-state index >= 15 is 0 Å². The Morgan fingerprint density at radius 2 is 1.40 bits per heavy atom. The number of aryl methyl sites for hydroxylation is 1. The topological polar surface area (TPSA) is 43.9 Å². The van der Waals surface area contributed by atoms with Crippen molar-refractivity contribution in [2.75, 3.05) is 0 Å². The number of hydrogen-bond acceptors (Lipinski definition) is 3. The minimum atomic E-state index is 0.711. The van der Waals surface area contributed by atoms with E-state index in [0.717, 1.165) is 68.6 Å². The highest BCUT2D eigenvalue weighted by Crippen LogP contribution is 2.38. The Kier molecular flexibility index (Phi) is 5.82. The van der Waals surface area contributed by atoms with Crippen LogP contribution in [0.25, 0.3) is 77.7 Å². The van der Waals surface area contributed by atoms with Crippen molar-refractivity contribution in [3.05, 3.63) is 145 Å². The number of allylic oxidation sites excluding steroid dienone is 4. The summed E-state index contributed by atoms with van der Waals surface area (Å²) in [4.78, 5) is 10.2. The molecular formula is C41H29N3O. The SMILES string of the molecule is Cc1cccc(-c2nc(C3=CCCC=C3)c3oc4ccc(-c5cccc(-n6c7ccccc7c7ccccc76)c5)cc4c3n2)c1. The minimum absolute atomic E-state index is 0.711. The van der Waals surface area contributed by atoms with Crippen molar-refractivity contribution in [3.8, 4) is 28.2 Å². The predicted molar refractivity (Wildman–Crippen MR) is 186 cm³/mol. The van der Waals surface area contributed by atoms with Gasteiger partial charge in [0.1, 0.15) is 16.8 Å². The molecule has 0 fully saturated rings. The molecule has 8 aromatic rings. The molecule has 3 aromatic heterocycles. The molecule has 0 saturated carbocycles. The lowest BCUT2D eigenvalue weighted by Crippen LogP contribution is -1.97. The van der Waals surface area contributed by atoms with Crippen LogP contribution in [0.2, 0.25) is 0 Å². The Hall–Kier alpha value is -5.74. The number of fused-ring (bicyclic) bond motifs is 6. The van der Waals surface area contributed by atoms with E-state index in [1.165, 1.54) is 27.4 Å². The first kappa shape index (κ1) is 25.7. The molecule has 214 valence electrons. The fraction of sp³-hybridized carbons (Fsp3) is 0.0732. The van der Waals surface area contributed by atoms with Gasteiger partial charge >= 0.3 is 0 Å². The van der Waals surface area contributed by atoms with Crippen molar-refractivity contribution in [2.24, 2.45) is 0 Å². The van der Waals surface area contributed by atoms with Crippen molar-refractivity contribution in [2.45, 2.75) is 19.8 Å². The maximum absolute atomic E-state index is 6.52. The van der Waals surface area contributed by atoms with Gasteiger partial charge in [0.25, 0.3) is 0 Å². The number of hydrogen-bond donors (Lipinski definition) is 0. The molecule has 3 heterocycles. The molecule has 5 aromatic carbocycles. The summed E-state index contributed by atoms with van der Waals surface area (Å²) >= 11 is 0. The largest absolute Gasteiger partial charge is 0.452 e. The average Bonchev–Trinajstić information content (AvgIpc) is 3.64. The Morgan fingerprint density at radius 1 is 0.644 bits per heavy atom. The normalized spacial score (nSPS) is 13.3. The molecule has 0 unspecified atom stereocenters. The van der Waals surface area contributed by atoms with Gasteiger partial charge in [0, 0.05) is 27.4 Å². The van der Waals surface area contributed by atoms with Gasteiger partial charge in [-0.15, -0.1) is 0 Å². The molecule has 0 bridgehead atoms. The van der Waals surface area contributed by atoms with Crippen LogP contribution in [0.5, 0.6) is 0 Å². The second kappa shape index (κ2) is 10.2. The summed E-state index contributed by atoms with van der Waals surface area (Å²) in [6.45, 7) is 2.10. The Bertz CT molecular complexity index is 2460. The van der Waals surface area contributed by atoms with Gasteiger partial charge in [-0.1, -0.05) is 96.6 Å². The number of benzene rings is 5. The molecule has 0 amide bonds. The summed E-state index contributed by atoms with van der Waals surface area (Å²) in [6, 6.07) is 40.9. The van der Waals surface area contributed by atoms with Crippen molar-refractivity contribution >= 4 is 49.4 Å². The second-order valence-electron chi connectivity index (χ2n) is 11.8. The summed E-state index contributed by atoms with van der Waals surface area (Å²) in [6.07, 6.45) is 8.65. The summed E-state index contributed by atoms with van der Waals surface area (Å²) in [5.41, 5.74) is 12.3. The fourth-order valence-electron chi connectivity index (χ4n) is 6.75. The van der Waals surface area contributed by atoms with Gasteiger partial charge in [-0.2, -0.15) is 0 Å². The first-order valence-corrected chi connectivity index (χ1v) is 15.5. The van der Waals surface area contributed by atoms with E-state index in [-0.39, 0.29) is 0 Å². The lowest BCUT2D eigenvalue weighted by molar-refractivity contribution is 0.664. The maximum Gasteiger partial charge on any atom is 0.180 e. The molecule has 9 rings (SSSR count). The van der Waals surface area contributed by atoms with Crippen LogP contribution in [0.3, 0.4) is 0 Å². The van der Waals surface area contributed by atoms with E-state index in [2.05, 4.69) is 145 Å². The highest BCUT2D eigenvalue weighted by atomic mass is 16.3. The van der Waals surface area contributed by atoms with E-state index < -0.39 is 0 Å². The van der Waals surface area contributed by atoms with Gasteiger partial charge in [-0.25, -0.2) is 9.97 Å². The number of para-hydroxylation sites is 2. The van der Waals surface area contributed by atoms with Crippen molar-refractivity contribution in [1.82, 2.24) is 14.5 Å². The number of aromatic nitrogens is 3. The molecule has 0 atom stereocenters. The van der Waals surface area contributed by atoms with E-state index in [1.807, 2.05) is 0 Å². The van der Waals surface area contributed by atoms with E-state index in [0.29, 0.717) is 5.82 Å². The molecule has 4 nitrogen and oxygen atoms in total. The molecule has 4 heteroatoms. The summed E-state index contributed by atoms with van der Waals surface area (Å²) in [5.74, 6) is 0.711. The molecule has 0 spiro atoms. The van der Waals surface area contributed by atoms with Crippen LogP contribution in [-0.2, 0) is 0 Å². The molecule has 45 heavy (non-hydrogen) atoms. The quantitative estimate of drug-likeness (QED) is 0.208. The van der Waals surface area contributed by atoms with Crippen molar-refractivity contribution in [1.29, 1.82) is 0 Å². The first-order chi connectivity index (χ1) is 22.2. The third-order valence-electron chi connectivity index (χ3n) is 8.87. The second-order valence-corrected chi connectivity index (χ2v) is 11.8. The highest BCUT2D eigenvalue weighted by molar-refractivity contribution is 6.10. The summed E-state index contributed by atoms with van der Waals surface area (Å²) in [7, 11) is 0. The summed E-state index contributed by atoms with van der Waals surface area (Å²) < 4.78 is 8.88. The Balaban J connectivity index is 1.24. The Labute approximate surface area is 260 Å². The van der Waals surface area contributed by atoms with Gasteiger partial charge in [0.15, 0.2) is 11.4 Å². The van der Waals surface area contributed by atoms with Crippen LogP contribution in [0.1, 0.15) is 24.1 Å². The van der Waals surface area contributed by atoms with Crippen LogP contribution >= 0.6 is 0 Å². The maximum atomic E-state index is 6.52. The zero-order chi connectivity index (χ0) is 29.9. The third-order valence-corrected chi connectivity index (χ3v) is 8.87. The third kappa shape index (κ3) is 4.21. The lowest BCUT2D eigenvalue weighted by atomic mass is 10.0. The molecule has 0 N–H and O–H groups in total. The van der Waals surface area contributed by atoms with Gasteiger partial charge in [0.2, 0.25) is 0 Å². The van der Waals surface area contributed by atoms with Crippen LogP contribution < -0.4 is 0 Å². The molecule has 0 aliphatic heterocycles. The van der Waals surface area contributed by atoms with Crippen molar-refractivity contribution in [3.63, 3.8) is 0 Å². The van der Waals surface area contributed by atoms with E-state index in [1.54, 1.807) is 0 Å². The van der Waals surface area contributed by atoms with Crippen LogP contribution in [-0.4, -0.2) is 14.5 Å². The number of rotatable bonds is 4. The monoisotopic (exact) mass is 579 g/mol. The van der Waals surface area contributed by atoms with Crippen LogP contribution in [0.4, 0.5) is 0 Å². The molecular weight excluding hydrogens is 550 g/mol. The Morgan fingerprint density at radius 3 is 2.18 bits per heavy atom. The number of furan rings is 1. The van der Waals surface area contributed by atoms with Gasteiger partial charge < -0.3 is 8.98 Å². The fourth-order valence-corrected chi connectivity index (χ4v) is 6.75. The molecule has 1 aliphatic rings. The minimum Gasteiger partial charge on any atom is -0.452 e. The van der Waals surface area contributed by atoms with Crippen LogP contribution in [0, 0.1) is 6.92 Å². The van der Waals surface area contributed by atoms with E-state index in [4.69, 9.17) is 14.4 Å². The van der Waals surface area contributed by atoms with Crippen LogP contribution in [0.15, 0.2) is 138 Å². The zero-order valence-corrected chi connectivity index (χ0v) is 24.9. The molecule has 0 radical (unpaired) electrons. The standard InChI is InChI=1S/C41H29N3O/c1-26-11-9-15-30(23-26)41-42-38(27-12-3-2-4-13-27)40-39(43-41)34-25-29(21-22-37(34)45-40)28-14-10-16-31(24-28)44-35-19-7-5-17-32(35)33-18-6-8-20-36(33)44/h3,5-25H,2,4H2,1H3. The smallest absolute Gasteiger partial charge is 0.180 e. The van der Waals surface area contributed by atoms with Crippen molar-refractivity contribution < 1.29 is 4.42 Å². The number of nitrogens with zero attached hydrogens (tertiary/aromatic N) is 3. The molecule has 0 saturated heterocycles. The highest BCUT2D eigenvalue weighted by Gasteiger charge is 2.20. The lowest BCUT2D eigenvalue weighted by Gasteiger charge is -2.10. The first-order valence-electron chi connectivity index (χ1n) is 15.5. The zero-order valence-electron chi connectivity index (χ0n) is 24.9. The van der Waals surface area contributed by atoms with Gasteiger partial charge in [0.05, 0.1) is 11.0 Å². The predicted octanol–water partition coefficient (Wildman–Crippen LogP) is 10.8. The average molecular weight is 580 g/mol. The van der Waals surface area contributed by atoms with Gasteiger partial charge in [-0.3, -0.25) is 0 Å². The van der Waals surface area contributed by atoms with E-state index in [9.17, 15) is 0 Å². The van der Waals surface area contributed by atoms with Gasteiger partial charge in [-0.05, 0) is 78.9 Å². The summed E-state index contributed by atoms with van der Waals surface area (Å²) in [5, 5.41) is 3.50. The molecule has 1 aliphatic carbocycles.